The van der Waals surface area contributed by atoms with Gasteiger partial charge < -0.3 is 16.4 Å². The molecule has 1 aliphatic heterocycles. The molecule has 3 aliphatic rings. The third kappa shape index (κ3) is 3.05. The van der Waals surface area contributed by atoms with Crippen LogP contribution in [0.1, 0.15) is 66.2 Å². The quantitative estimate of drug-likeness (QED) is 0.745. The van der Waals surface area contributed by atoms with Crippen molar-refractivity contribution in [3.05, 3.63) is 23.0 Å². The molecule has 2 aromatic rings. The number of fused-ring (bicyclic) bond motifs is 3. The molecular weight excluding hydrogens is 354 g/mol. The Kier molecular flexibility index (Phi) is 4.50. The highest BCUT2D eigenvalue weighted by atomic mass is 16.1. The number of aryl methyl sites for hydroxylation is 1. The van der Waals surface area contributed by atoms with Gasteiger partial charge in [-0.15, -0.1) is 0 Å². The summed E-state index contributed by atoms with van der Waals surface area (Å²) in [6, 6.07) is 0.715. The SMILES string of the molecule is NC(=O)c1nn(C2CCNCC2)c2c1CCc1cnc(NC3CCCC3)nc1-2. The van der Waals surface area contributed by atoms with E-state index in [4.69, 9.17) is 10.7 Å². The number of amides is 1. The van der Waals surface area contributed by atoms with Crippen LogP contribution in [0.2, 0.25) is 0 Å². The third-order valence-electron chi connectivity index (χ3n) is 6.32. The number of hydrogen-bond donors (Lipinski definition) is 3. The number of primary amides is 1. The standard InChI is InChI=1S/C20H27N7O/c21-19(28)17-15-6-5-12-11-23-20(24-13-3-1-2-4-13)25-16(12)18(15)27(26-17)14-7-9-22-10-8-14/h11,13-14,22H,1-10H2,(H2,21,28)(H,23,24,25). The van der Waals surface area contributed by atoms with Crippen molar-refractivity contribution < 1.29 is 4.79 Å². The van der Waals surface area contributed by atoms with Crippen molar-refractivity contribution in [2.24, 2.45) is 5.73 Å². The van der Waals surface area contributed by atoms with Gasteiger partial charge in [-0.05, 0) is 57.2 Å². The summed E-state index contributed by atoms with van der Waals surface area (Å²) in [6.07, 6.45) is 10.3. The Morgan fingerprint density at radius 3 is 2.71 bits per heavy atom. The molecule has 8 nitrogen and oxygen atoms in total. The normalized spacial score (nSPS) is 20.0. The first kappa shape index (κ1) is 17.6. The summed E-state index contributed by atoms with van der Waals surface area (Å²) >= 11 is 0. The van der Waals surface area contributed by atoms with Crippen LogP contribution in [0.25, 0.3) is 11.4 Å². The summed E-state index contributed by atoms with van der Waals surface area (Å²) in [5.41, 5.74) is 10.0. The molecule has 0 unspecified atom stereocenters. The van der Waals surface area contributed by atoms with Crippen molar-refractivity contribution in [1.29, 1.82) is 0 Å². The van der Waals surface area contributed by atoms with E-state index in [2.05, 4.69) is 20.7 Å². The van der Waals surface area contributed by atoms with Gasteiger partial charge >= 0.3 is 0 Å². The second kappa shape index (κ2) is 7.16. The highest BCUT2D eigenvalue weighted by molar-refractivity contribution is 5.94. The lowest BCUT2D eigenvalue weighted by Gasteiger charge is -2.26. The number of nitrogens with one attached hydrogen (secondary N) is 2. The van der Waals surface area contributed by atoms with Crippen LogP contribution in [0.4, 0.5) is 5.95 Å². The number of aromatic nitrogens is 4. The van der Waals surface area contributed by atoms with Crippen molar-refractivity contribution in [3.8, 4) is 11.4 Å². The Balaban J connectivity index is 1.58. The zero-order valence-corrected chi connectivity index (χ0v) is 16.1. The van der Waals surface area contributed by atoms with Crippen LogP contribution in [-0.2, 0) is 12.8 Å². The minimum atomic E-state index is -0.453. The summed E-state index contributed by atoms with van der Waals surface area (Å²) in [5, 5.41) is 11.6. The van der Waals surface area contributed by atoms with E-state index in [9.17, 15) is 4.79 Å². The molecule has 3 heterocycles. The van der Waals surface area contributed by atoms with Crippen LogP contribution in [0.5, 0.6) is 0 Å². The second-order valence-electron chi connectivity index (χ2n) is 8.16. The molecule has 1 amide bonds. The van der Waals surface area contributed by atoms with Crippen LogP contribution in [0.15, 0.2) is 6.20 Å². The summed E-state index contributed by atoms with van der Waals surface area (Å²) in [4.78, 5) is 21.5. The summed E-state index contributed by atoms with van der Waals surface area (Å²) in [5.74, 6) is 0.225. The Bertz CT molecular complexity index is 894. The molecule has 8 heteroatoms. The molecule has 1 saturated carbocycles. The monoisotopic (exact) mass is 381 g/mol. The smallest absolute Gasteiger partial charge is 0.269 e. The van der Waals surface area contributed by atoms with Gasteiger partial charge in [-0.3, -0.25) is 9.48 Å². The Morgan fingerprint density at radius 1 is 1.18 bits per heavy atom. The largest absolute Gasteiger partial charge is 0.364 e. The van der Waals surface area contributed by atoms with Gasteiger partial charge in [-0.25, -0.2) is 9.97 Å². The molecule has 5 rings (SSSR count). The lowest BCUT2D eigenvalue weighted by molar-refractivity contribution is 0.0993. The number of anilines is 1. The van der Waals surface area contributed by atoms with Crippen LogP contribution in [0.3, 0.4) is 0 Å². The van der Waals surface area contributed by atoms with E-state index in [0.717, 1.165) is 61.3 Å². The molecule has 0 spiro atoms. The summed E-state index contributed by atoms with van der Waals surface area (Å²) in [7, 11) is 0. The first-order chi connectivity index (χ1) is 13.7. The first-order valence-electron chi connectivity index (χ1n) is 10.5. The molecule has 2 aromatic heterocycles. The fourth-order valence-electron chi connectivity index (χ4n) is 4.85. The van der Waals surface area contributed by atoms with Gasteiger partial charge in [0.15, 0.2) is 5.69 Å². The van der Waals surface area contributed by atoms with Crippen molar-refractivity contribution in [3.63, 3.8) is 0 Å². The van der Waals surface area contributed by atoms with Gasteiger partial charge in [0.05, 0.1) is 17.4 Å². The van der Waals surface area contributed by atoms with Gasteiger partial charge in [0.25, 0.3) is 5.91 Å². The average molecular weight is 381 g/mol. The molecule has 148 valence electrons. The number of carbonyl (C=O) groups excluding carboxylic acids is 1. The zero-order valence-electron chi connectivity index (χ0n) is 16.1. The number of carbonyl (C=O) groups is 1. The van der Waals surface area contributed by atoms with Gasteiger partial charge in [-0.1, -0.05) is 12.8 Å². The fourth-order valence-corrected chi connectivity index (χ4v) is 4.85. The highest BCUT2D eigenvalue weighted by Crippen LogP contribution is 2.37. The maximum Gasteiger partial charge on any atom is 0.269 e. The minimum Gasteiger partial charge on any atom is -0.364 e. The van der Waals surface area contributed by atoms with Crippen molar-refractivity contribution in [2.75, 3.05) is 18.4 Å². The number of nitrogens with two attached hydrogens (primary N) is 1. The minimum absolute atomic E-state index is 0.259. The number of piperidine rings is 1. The predicted octanol–water partition coefficient (Wildman–Crippen LogP) is 1.82. The Labute approximate surface area is 164 Å². The zero-order chi connectivity index (χ0) is 19.1. The van der Waals surface area contributed by atoms with Gasteiger partial charge in [0.2, 0.25) is 5.95 Å². The molecular formula is C20H27N7O. The van der Waals surface area contributed by atoms with E-state index in [1.54, 1.807) is 0 Å². The van der Waals surface area contributed by atoms with Crippen molar-refractivity contribution in [2.45, 2.75) is 63.5 Å². The summed E-state index contributed by atoms with van der Waals surface area (Å²) < 4.78 is 2.03. The topological polar surface area (TPSA) is 111 Å². The number of rotatable bonds is 4. The molecule has 28 heavy (non-hydrogen) atoms. The number of nitrogens with zero attached hydrogens (tertiary/aromatic N) is 4. The van der Waals surface area contributed by atoms with Crippen LogP contribution in [0, 0.1) is 0 Å². The molecule has 4 N–H and O–H groups in total. The van der Waals surface area contributed by atoms with E-state index in [1.807, 2.05) is 10.9 Å². The molecule has 1 saturated heterocycles. The Hall–Kier alpha value is -2.48. The maximum atomic E-state index is 12.1. The van der Waals surface area contributed by atoms with E-state index in [0.29, 0.717) is 17.7 Å². The highest BCUT2D eigenvalue weighted by Gasteiger charge is 2.32. The first-order valence-corrected chi connectivity index (χ1v) is 10.5. The molecule has 0 radical (unpaired) electrons. The maximum absolute atomic E-state index is 12.1. The molecule has 0 bridgehead atoms. The van der Waals surface area contributed by atoms with E-state index in [-0.39, 0.29) is 6.04 Å². The molecule has 2 fully saturated rings. The summed E-state index contributed by atoms with van der Waals surface area (Å²) in [6.45, 7) is 1.91. The van der Waals surface area contributed by atoms with Crippen LogP contribution >= 0.6 is 0 Å². The molecule has 2 aliphatic carbocycles. The van der Waals surface area contributed by atoms with Crippen LogP contribution < -0.4 is 16.4 Å². The average Bonchev–Trinajstić information content (AvgIpc) is 3.36. The Morgan fingerprint density at radius 2 is 1.96 bits per heavy atom. The van der Waals surface area contributed by atoms with E-state index < -0.39 is 5.91 Å². The fraction of sp³-hybridized carbons (Fsp3) is 0.600. The van der Waals surface area contributed by atoms with Crippen molar-refractivity contribution >= 4 is 11.9 Å². The van der Waals surface area contributed by atoms with E-state index >= 15 is 0 Å². The molecule has 0 aromatic carbocycles. The second-order valence-corrected chi connectivity index (χ2v) is 8.16. The third-order valence-corrected chi connectivity index (χ3v) is 6.32. The predicted molar refractivity (Wildman–Crippen MR) is 106 cm³/mol. The molecule has 0 atom stereocenters. The lowest BCUT2D eigenvalue weighted by Crippen LogP contribution is -2.30. The van der Waals surface area contributed by atoms with Gasteiger partial charge in [-0.2, -0.15) is 5.10 Å². The van der Waals surface area contributed by atoms with Gasteiger partial charge in [0, 0.05) is 17.8 Å². The van der Waals surface area contributed by atoms with Crippen LogP contribution in [-0.4, -0.2) is 44.8 Å². The van der Waals surface area contributed by atoms with Gasteiger partial charge in [0.1, 0.15) is 0 Å². The van der Waals surface area contributed by atoms with Crippen molar-refractivity contribution in [1.82, 2.24) is 25.1 Å². The van der Waals surface area contributed by atoms with E-state index in [1.165, 1.54) is 25.7 Å². The lowest BCUT2D eigenvalue weighted by atomic mass is 9.92. The number of hydrogen-bond acceptors (Lipinski definition) is 6.